The van der Waals surface area contributed by atoms with Crippen LogP contribution in [0, 0.1) is 0 Å². The van der Waals surface area contributed by atoms with Crippen molar-refractivity contribution >= 4 is 11.9 Å². The lowest BCUT2D eigenvalue weighted by Gasteiger charge is -2.39. The Morgan fingerprint density at radius 2 is 1.12 bits per heavy atom. The van der Waals surface area contributed by atoms with Crippen molar-refractivity contribution in [1.29, 1.82) is 0 Å². The monoisotopic (exact) mass is 727 g/mol. The summed E-state index contributed by atoms with van der Waals surface area (Å²) in [7, 11) is 0. The second kappa shape index (κ2) is 32.8. The summed E-state index contributed by atoms with van der Waals surface area (Å²) in [5, 5.41) is 39.9. The zero-order chi connectivity index (χ0) is 37.4. The number of unbranched alkanes of at least 4 members (excludes halogenated alkanes) is 18. The number of esters is 2. The van der Waals surface area contributed by atoms with E-state index >= 15 is 0 Å². The molecule has 0 amide bonds. The van der Waals surface area contributed by atoms with Gasteiger partial charge in [0.15, 0.2) is 12.4 Å². The minimum absolute atomic E-state index is 0.214. The van der Waals surface area contributed by atoms with Gasteiger partial charge in [-0.05, 0) is 38.5 Å². The second-order valence-corrected chi connectivity index (χ2v) is 14.1. The van der Waals surface area contributed by atoms with Crippen LogP contribution < -0.4 is 0 Å². The van der Waals surface area contributed by atoms with Gasteiger partial charge in [-0.25, -0.2) is 0 Å². The Kier molecular flexibility index (Phi) is 30.4. The zero-order valence-electron chi connectivity index (χ0n) is 32.1. The SMILES string of the molecule is CCCCCCCCCCC/C=C/C/C=C/CCCC(=O)OC[C@@H](CO[C@H]1O[C@@H](CO)[C@@H](O)C(O)C1O)OC(=O)CCCCCCCCCCC. The van der Waals surface area contributed by atoms with Gasteiger partial charge in [0.05, 0.1) is 13.2 Å². The molecule has 0 aromatic carbocycles. The van der Waals surface area contributed by atoms with E-state index in [1.54, 1.807) is 0 Å². The molecule has 0 bridgehead atoms. The molecule has 6 atom stereocenters. The van der Waals surface area contributed by atoms with E-state index in [1.165, 1.54) is 89.9 Å². The summed E-state index contributed by atoms with van der Waals surface area (Å²) < 4.78 is 22.0. The topological polar surface area (TPSA) is 152 Å². The largest absolute Gasteiger partial charge is 0.462 e. The number of carbonyl (C=O) groups excluding carboxylic acids is 2. The number of allylic oxidation sites excluding steroid dienone is 4. The third-order valence-corrected chi connectivity index (χ3v) is 9.34. The molecule has 1 saturated heterocycles. The van der Waals surface area contributed by atoms with Crippen LogP contribution in [0.5, 0.6) is 0 Å². The molecule has 1 rings (SSSR count). The fourth-order valence-corrected chi connectivity index (χ4v) is 6.05. The summed E-state index contributed by atoms with van der Waals surface area (Å²) >= 11 is 0. The fraction of sp³-hybridized carbons (Fsp3) is 0.854. The standard InChI is InChI=1S/C41H74O10/c1-3-5-7-9-11-13-14-15-16-17-18-19-20-22-23-25-27-29-36(43)48-32-34(33-49-41-40(47)39(46)38(45)35(31-42)51-41)50-37(44)30-28-26-24-21-12-10-8-6-4-2/h18-19,22-23,34-35,38-42,45-47H,3-17,20-21,24-33H2,1-2H3/b19-18+,23-22+/t34-,35-,38+,39?,40?,41-/m0/s1. The maximum atomic E-state index is 12.6. The fourth-order valence-electron chi connectivity index (χ4n) is 6.05. The first kappa shape index (κ1) is 47.2. The molecular formula is C41H74O10. The maximum absolute atomic E-state index is 12.6. The molecule has 0 spiro atoms. The van der Waals surface area contributed by atoms with Crippen LogP contribution >= 0.6 is 0 Å². The smallest absolute Gasteiger partial charge is 0.306 e. The molecule has 2 unspecified atom stereocenters. The van der Waals surface area contributed by atoms with E-state index in [-0.39, 0.29) is 26.1 Å². The van der Waals surface area contributed by atoms with Gasteiger partial charge in [0, 0.05) is 12.8 Å². The van der Waals surface area contributed by atoms with Gasteiger partial charge in [-0.15, -0.1) is 0 Å². The molecule has 0 aromatic rings. The van der Waals surface area contributed by atoms with Gasteiger partial charge in [-0.1, -0.05) is 141 Å². The summed E-state index contributed by atoms with van der Waals surface area (Å²) in [5.41, 5.74) is 0. The molecule has 4 N–H and O–H groups in total. The van der Waals surface area contributed by atoms with Crippen LogP contribution in [-0.2, 0) is 28.5 Å². The first-order valence-electron chi connectivity index (χ1n) is 20.4. The molecule has 10 nitrogen and oxygen atoms in total. The Morgan fingerprint density at radius 1 is 0.608 bits per heavy atom. The van der Waals surface area contributed by atoms with Gasteiger partial charge < -0.3 is 39.4 Å². The normalized spacial score (nSPS) is 21.4. The van der Waals surface area contributed by atoms with Crippen LogP contribution in [0.25, 0.3) is 0 Å². The summed E-state index contributed by atoms with van der Waals surface area (Å²) in [6.45, 7) is 3.34. The van der Waals surface area contributed by atoms with Crippen molar-refractivity contribution in [3.05, 3.63) is 24.3 Å². The number of aliphatic hydroxyl groups excluding tert-OH is 4. The molecule has 0 saturated carbocycles. The van der Waals surface area contributed by atoms with Crippen LogP contribution in [0.1, 0.15) is 168 Å². The molecule has 0 radical (unpaired) electrons. The van der Waals surface area contributed by atoms with Gasteiger partial charge >= 0.3 is 11.9 Å². The summed E-state index contributed by atoms with van der Waals surface area (Å²) in [6.07, 6.45) is 26.4. The number of hydrogen-bond donors (Lipinski definition) is 4. The number of aliphatic hydroxyl groups is 4. The second-order valence-electron chi connectivity index (χ2n) is 14.1. The number of hydrogen-bond acceptors (Lipinski definition) is 10. The van der Waals surface area contributed by atoms with Crippen molar-refractivity contribution in [2.45, 2.75) is 205 Å². The molecule has 51 heavy (non-hydrogen) atoms. The minimum Gasteiger partial charge on any atom is -0.462 e. The summed E-state index contributed by atoms with van der Waals surface area (Å²) in [6, 6.07) is 0. The van der Waals surface area contributed by atoms with Crippen LogP contribution in [0.2, 0.25) is 0 Å². The van der Waals surface area contributed by atoms with E-state index < -0.39 is 55.4 Å². The van der Waals surface area contributed by atoms with E-state index in [1.807, 2.05) is 0 Å². The van der Waals surface area contributed by atoms with Crippen molar-refractivity contribution in [3.63, 3.8) is 0 Å². The Balaban J connectivity index is 2.37. The van der Waals surface area contributed by atoms with E-state index in [2.05, 4.69) is 38.2 Å². The Bertz CT molecular complexity index is 892. The van der Waals surface area contributed by atoms with Crippen molar-refractivity contribution in [3.8, 4) is 0 Å². The first-order chi connectivity index (χ1) is 24.8. The molecule has 1 aliphatic heterocycles. The Hall–Kier alpha value is -1.82. The molecule has 0 aromatic heterocycles. The lowest BCUT2D eigenvalue weighted by molar-refractivity contribution is -0.305. The average molecular weight is 727 g/mol. The van der Waals surface area contributed by atoms with Crippen molar-refractivity contribution in [1.82, 2.24) is 0 Å². The average Bonchev–Trinajstić information content (AvgIpc) is 3.13. The number of ether oxygens (including phenoxy) is 4. The Morgan fingerprint density at radius 3 is 1.69 bits per heavy atom. The summed E-state index contributed by atoms with van der Waals surface area (Å²) in [4.78, 5) is 25.1. The van der Waals surface area contributed by atoms with Gasteiger partial charge in [0.1, 0.15) is 31.0 Å². The summed E-state index contributed by atoms with van der Waals surface area (Å²) in [5.74, 6) is -0.860. The van der Waals surface area contributed by atoms with E-state index in [4.69, 9.17) is 18.9 Å². The predicted molar refractivity (Wildman–Crippen MR) is 201 cm³/mol. The van der Waals surface area contributed by atoms with Gasteiger partial charge in [-0.2, -0.15) is 0 Å². The molecule has 1 fully saturated rings. The third kappa shape index (κ3) is 24.9. The van der Waals surface area contributed by atoms with Crippen LogP contribution in [0.4, 0.5) is 0 Å². The maximum Gasteiger partial charge on any atom is 0.306 e. The molecule has 1 aliphatic rings. The van der Waals surface area contributed by atoms with Gasteiger partial charge in [0.2, 0.25) is 0 Å². The lowest BCUT2D eigenvalue weighted by Crippen LogP contribution is -2.59. The van der Waals surface area contributed by atoms with Crippen molar-refractivity contribution in [2.75, 3.05) is 19.8 Å². The number of rotatable bonds is 33. The minimum atomic E-state index is -1.60. The molecule has 10 heteroatoms. The van der Waals surface area contributed by atoms with Crippen molar-refractivity contribution in [2.24, 2.45) is 0 Å². The van der Waals surface area contributed by atoms with Crippen LogP contribution in [0.15, 0.2) is 24.3 Å². The van der Waals surface area contributed by atoms with Crippen LogP contribution in [0.3, 0.4) is 0 Å². The molecule has 298 valence electrons. The highest BCUT2D eigenvalue weighted by Gasteiger charge is 2.44. The Labute approximate surface area is 309 Å². The van der Waals surface area contributed by atoms with Crippen molar-refractivity contribution < 1.29 is 49.0 Å². The molecule has 0 aliphatic carbocycles. The number of carbonyl (C=O) groups is 2. The van der Waals surface area contributed by atoms with E-state index in [0.717, 1.165) is 38.5 Å². The lowest BCUT2D eigenvalue weighted by atomic mass is 9.99. The van der Waals surface area contributed by atoms with Crippen LogP contribution in [-0.4, -0.2) is 89.0 Å². The first-order valence-corrected chi connectivity index (χ1v) is 20.4. The third-order valence-electron chi connectivity index (χ3n) is 9.34. The highest BCUT2D eigenvalue weighted by atomic mass is 16.7. The quantitative estimate of drug-likeness (QED) is 0.0300. The van der Waals surface area contributed by atoms with Gasteiger partial charge in [0.25, 0.3) is 0 Å². The van der Waals surface area contributed by atoms with E-state index in [0.29, 0.717) is 12.8 Å². The highest BCUT2D eigenvalue weighted by Crippen LogP contribution is 2.22. The molecular weight excluding hydrogens is 652 g/mol. The van der Waals surface area contributed by atoms with Gasteiger partial charge in [-0.3, -0.25) is 9.59 Å². The highest BCUT2D eigenvalue weighted by molar-refractivity contribution is 5.70. The molecule has 1 heterocycles. The van der Waals surface area contributed by atoms with E-state index in [9.17, 15) is 30.0 Å². The zero-order valence-corrected chi connectivity index (χ0v) is 32.1. The predicted octanol–water partition coefficient (Wildman–Crippen LogP) is 7.77.